The number of hydrogen-bond acceptors (Lipinski definition) is 0. The van der Waals surface area contributed by atoms with Gasteiger partial charge in [-0.05, 0) is 33.9 Å². The SMILES string of the molecule is CCc1c(C(C)(C)C)cccc1C(C)(C)C. The predicted octanol–water partition coefficient (Wildman–Crippen LogP) is 4.84. The number of rotatable bonds is 1. The Kier molecular flexibility index (Phi) is 3.52. The van der Waals surface area contributed by atoms with Crippen molar-refractivity contribution in [3.63, 3.8) is 0 Å². The summed E-state index contributed by atoms with van der Waals surface area (Å²) in [6, 6.07) is 6.78. The maximum atomic E-state index is 2.30. The molecule has 0 fully saturated rings. The van der Waals surface area contributed by atoms with Crippen molar-refractivity contribution in [2.45, 2.75) is 65.7 Å². The fourth-order valence-corrected chi connectivity index (χ4v) is 2.37. The van der Waals surface area contributed by atoms with Crippen LogP contribution in [0.25, 0.3) is 0 Å². The van der Waals surface area contributed by atoms with Crippen LogP contribution in [0.2, 0.25) is 0 Å². The minimum absolute atomic E-state index is 0.243. The molecule has 16 heavy (non-hydrogen) atoms. The van der Waals surface area contributed by atoms with Gasteiger partial charge in [0.15, 0.2) is 0 Å². The largest absolute Gasteiger partial charge is 0.0617 e. The quantitative estimate of drug-likeness (QED) is 0.632. The topological polar surface area (TPSA) is 0 Å². The number of hydrogen-bond donors (Lipinski definition) is 0. The Bertz CT molecular complexity index is 326. The first-order chi connectivity index (χ1) is 7.18. The molecule has 1 rings (SSSR count). The third-order valence-electron chi connectivity index (χ3n) is 3.15. The minimum atomic E-state index is 0.243. The molecule has 0 N–H and O–H groups in total. The maximum Gasteiger partial charge on any atom is -0.0129 e. The molecule has 0 saturated heterocycles. The van der Waals surface area contributed by atoms with Gasteiger partial charge in [-0.15, -0.1) is 0 Å². The molecule has 0 heteroatoms. The summed E-state index contributed by atoms with van der Waals surface area (Å²) < 4.78 is 0. The van der Waals surface area contributed by atoms with E-state index in [1.807, 2.05) is 0 Å². The monoisotopic (exact) mass is 218 g/mol. The summed E-state index contributed by atoms with van der Waals surface area (Å²) in [4.78, 5) is 0. The molecule has 0 atom stereocenters. The Morgan fingerprint density at radius 1 is 0.812 bits per heavy atom. The van der Waals surface area contributed by atoms with Crippen molar-refractivity contribution in [3.8, 4) is 0 Å². The Morgan fingerprint density at radius 3 is 1.44 bits per heavy atom. The molecule has 0 aliphatic carbocycles. The smallest absolute Gasteiger partial charge is 0.0129 e. The zero-order valence-corrected chi connectivity index (χ0v) is 11.9. The van der Waals surface area contributed by atoms with Crippen LogP contribution in [0.4, 0.5) is 0 Å². The van der Waals surface area contributed by atoms with E-state index in [2.05, 4.69) is 66.7 Å². The summed E-state index contributed by atoms with van der Waals surface area (Å²) in [5.41, 5.74) is 5.03. The average molecular weight is 218 g/mol. The Morgan fingerprint density at radius 2 is 1.19 bits per heavy atom. The second-order valence-electron chi connectivity index (χ2n) is 6.69. The van der Waals surface area contributed by atoms with Crippen molar-refractivity contribution in [2.24, 2.45) is 0 Å². The van der Waals surface area contributed by atoms with E-state index in [1.165, 1.54) is 11.1 Å². The summed E-state index contributed by atoms with van der Waals surface area (Å²) in [6.45, 7) is 16.1. The second kappa shape index (κ2) is 4.24. The summed E-state index contributed by atoms with van der Waals surface area (Å²) in [7, 11) is 0. The fourth-order valence-electron chi connectivity index (χ4n) is 2.37. The van der Waals surface area contributed by atoms with Gasteiger partial charge >= 0.3 is 0 Å². The highest BCUT2D eigenvalue weighted by atomic mass is 14.3. The standard InChI is InChI=1S/C16H26/c1-8-12-13(15(2,3)4)10-9-11-14(12)16(5,6)7/h9-11H,8H2,1-7H3. The molecule has 0 aromatic heterocycles. The molecule has 1 aromatic rings. The van der Waals surface area contributed by atoms with Crippen molar-refractivity contribution in [3.05, 3.63) is 34.9 Å². The molecular weight excluding hydrogens is 192 g/mol. The lowest BCUT2D eigenvalue weighted by Gasteiger charge is -2.29. The van der Waals surface area contributed by atoms with Gasteiger partial charge in [0.2, 0.25) is 0 Å². The lowest BCUT2D eigenvalue weighted by atomic mass is 9.75. The summed E-state index contributed by atoms with van der Waals surface area (Å²) in [5, 5.41) is 0. The van der Waals surface area contributed by atoms with E-state index in [-0.39, 0.29) is 10.8 Å². The van der Waals surface area contributed by atoms with Crippen LogP contribution in [0.15, 0.2) is 18.2 Å². The van der Waals surface area contributed by atoms with Crippen LogP contribution in [0.5, 0.6) is 0 Å². The molecular formula is C16H26. The minimum Gasteiger partial charge on any atom is -0.0617 e. The molecule has 0 heterocycles. The highest BCUT2D eigenvalue weighted by Gasteiger charge is 2.23. The van der Waals surface area contributed by atoms with E-state index < -0.39 is 0 Å². The zero-order valence-electron chi connectivity index (χ0n) is 11.9. The highest BCUT2D eigenvalue weighted by Crippen LogP contribution is 2.33. The fraction of sp³-hybridized carbons (Fsp3) is 0.625. The summed E-state index contributed by atoms with van der Waals surface area (Å²) >= 11 is 0. The van der Waals surface area contributed by atoms with Gasteiger partial charge in [-0.25, -0.2) is 0 Å². The third-order valence-corrected chi connectivity index (χ3v) is 3.15. The van der Waals surface area contributed by atoms with Gasteiger partial charge in [-0.3, -0.25) is 0 Å². The second-order valence-corrected chi connectivity index (χ2v) is 6.69. The molecule has 0 amide bonds. The first kappa shape index (κ1) is 13.3. The molecule has 0 saturated carbocycles. The van der Waals surface area contributed by atoms with Crippen LogP contribution in [-0.2, 0) is 17.3 Å². The van der Waals surface area contributed by atoms with Gasteiger partial charge in [0.05, 0.1) is 0 Å². The van der Waals surface area contributed by atoms with Crippen LogP contribution < -0.4 is 0 Å². The molecule has 0 aliphatic rings. The van der Waals surface area contributed by atoms with Gasteiger partial charge in [-0.2, -0.15) is 0 Å². The van der Waals surface area contributed by atoms with Crippen molar-refractivity contribution < 1.29 is 0 Å². The summed E-state index contributed by atoms with van der Waals surface area (Å²) in [5.74, 6) is 0. The van der Waals surface area contributed by atoms with Gasteiger partial charge < -0.3 is 0 Å². The van der Waals surface area contributed by atoms with E-state index in [0.717, 1.165) is 6.42 Å². The van der Waals surface area contributed by atoms with E-state index in [0.29, 0.717) is 0 Å². The van der Waals surface area contributed by atoms with Crippen LogP contribution in [0.3, 0.4) is 0 Å². The molecule has 1 aromatic carbocycles. The lowest BCUT2D eigenvalue weighted by molar-refractivity contribution is 0.556. The van der Waals surface area contributed by atoms with Gasteiger partial charge in [0.25, 0.3) is 0 Å². The van der Waals surface area contributed by atoms with Crippen LogP contribution in [-0.4, -0.2) is 0 Å². The first-order valence-electron chi connectivity index (χ1n) is 6.30. The maximum absolute atomic E-state index is 2.30. The van der Waals surface area contributed by atoms with E-state index >= 15 is 0 Å². The van der Waals surface area contributed by atoms with E-state index in [1.54, 1.807) is 5.56 Å². The average Bonchev–Trinajstić information content (AvgIpc) is 2.13. The Hall–Kier alpha value is -0.780. The van der Waals surface area contributed by atoms with Gasteiger partial charge in [-0.1, -0.05) is 66.7 Å². The van der Waals surface area contributed by atoms with Crippen LogP contribution >= 0.6 is 0 Å². The van der Waals surface area contributed by atoms with Crippen molar-refractivity contribution in [1.29, 1.82) is 0 Å². The van der Waals surface area contributed by atoms with Crippen molar-refractivity contribution >= 4 is 0 Å². The van der Waals surface area contributed by atoms with E-state index in [4.69, 9.17) is 0 Å². The zero-order chi connectivity index (χ0) is 12.6. The van der Waals surface area contributed by atoms with Crippen LogP contribution in [0.1, 0.15) is 65.2 Å². The molecule has 0 unspecified atom stereocenters. The molecule has 0 bridgehead atoms. The molecule has 90 valence electrons. The van der Waals surface area contributed by atoms with Crippen molar-refractivity contribution in [2.75, 3.05) is 0 Å². The molecule has 0 spiro atoms. The third kappa shape index (κ3) is 2.66. The Labute approximate surface area is 101 Å². The van der Waals surface area contributed by atoms with Gasteiger partial charge in [0, 0.05) is 0 Å². The lowest BCUT2D eigenvalue weighted by Crippen LogP contribution is -2.20. The molecule has 0 nitrogen and oxygen atoms in total. The normalized spacial score (nSPS) is 12.9. The van der Waals surface area contributed by atoms with E-state index in [9.17, 15) is 0 Å². The first-order valence-corrected chi connectivity index (χ1v) is 6.30. The number of benzene rings is 1. The highest BCUT2D eigenvalue weighted by molar-refractivity contribution is 5.42. The predicted molar refractivity (Wildman–Crippen MR) is 73.2 cm³/mol. The van der Waals surface area contributed by atoms with Gasteiger partial charge in [0.1, 0.15) is 0 Å². The molecule has 0 radical (unpaired) electrons. The van der Waals surface area contributed by atoms with Crippen molar-refractivity contribution in [1.82, 2.24) is 0 Å². The van der Waals surface area contributed by atoms with Crippen LogP contribution in [0, 0.1) is 0 Å². The Balaban J connectivity index is 3.45. The molecule has 0 aliphatic heterocycles. The summed E-state index contributed by atoms with van der Waals surface area (Å²) in [6.07, 6.45) is 1.13.